The zero-order valence-corrected chi connectivity index (χ0v) is 44.5. The fraction of sp³-hybridized carbons (Fsp3) is 0.949. The molecule has 386 valence electrons. The van der Waals surface area contributed by atoms with Gasteiger partial charge in [-0.05, 0) is 25.2 Å². The summed E-state index contributed by atoms with van der Waals surface area (Å²) >= 11 is 0. The Morgan fingerprint density at radius 2 is 0.508 bits per heavy atom. The number of ether oxygens (including phenoxy) is 3. The summed E-state index contributed by atoms with van der Waals surface area (Å²) in [6.45, 7) is 9.04. The van der Waals surface area contributed by atoms with Crippen molar-refractivity contribution in [3.8, 4) is 0 Å². The van der Waals surface area contributed by atoms with Crippen LogP contribution < -0.4 is 0 Å². The molecular weight excluding hydrogens is 805 g/mol. The summed E-state index contributed by atoms with van der Waals surface area (Å²) in [6, 6.07) is 0. The number of carbonyl (C=O) groups is 3. The summed E-state index contributed by atoms with van der Waals surface area (Å²) in [5.74, 6) is 0.0154. The Morgan fingerprint density at radius 3 is 0.754 bits per heavy atom. The fourth-order valence-electron chi connectivity index (χ4n) is 9.10. The maximum Gasteiger partial charge on any atom is 0.306 e. The normalized spacial score (nSPS) is 12.0. The smallest absolute Gasteiger partial charge is 0.306 e. The van der Waals surface area contributed by atoms with Gasteiger partial charge in [0, 0.05) is 19.3 Å². The maximum absolute atomic E-state index is 12.8. The molecule has 1 atom stereocenters. The minimum Gasteiger partial charge on any atom is -0.462 e. The Hall–Kier alpha value is -1.59. The lowest BCUT2D eigenvalue weighted by molar-refractivity contribution is -0.167. The summed E-state index contributed by atoms with van der Waals surface area (Å²) in [4.78, 5) is 38.0. The van der Waals surface area contributed by atoms with Gasteiger partial charge in [-0.1, -0.05) is 297 Å². The highest BCUT2D eigenvalue weighted by atomic mass is 16.6. The number of carbonyl (C=O) groups excluding carboxylic acids is 3. The molecule has 0 amide bonds. The Kier molecular flexibility index (Phi) is 52.1. The second kappa shape index (κ2) is 53.4. The van der Waals surface area contributed by atoms with Crippen LogP contribution in [0, 0.1) is 5.92 Å². The van der Waals surface area contributed by atoms with Crippen LogP contribution in [0.2, 0.25) is 0 Å². The molecule has 0 rings (SSSR count). The topological polar surface area (TPSA) is 78.9 Å². The predicted octanol–water partition coefficient (Wildman–Crippen LogP) is 19.4. The SMILES string of the molecule is CCCCCCCCCCCCCCCCCCCCCC(=O)OC[C@@H](COC(=O)CCCCCCCCC)OC(=O)CCCCCCCCCCCCCCCCCCCCC(C)C. The molecule has 0 heterocycles. The van der Waals surface area contributed by atoms with Gasteiger partial charge in [0.1, 0.15) is 13.2 Å². The van der Waals surface area contributed by atoms with Crippen molar-refractivity contribution < 1.29 is 28.6 Å². The first-order valence-corrected chi connectivity index (χ1v) is 29.4. The van der Waals surface area contributed by atoms with Crippen LogP contribution in [0.1, 0.15) is 336 Å². The summed E-state index contributed by atoms with van der Waals surface area (Å²) in [5, 5.41) is 0. The number of rotatable bonds is 54. The first-order valence-electron chi connectivity index (χ1n) is 29.4. The molecule has 0 spiro atoms. The van der Waals surface area contributed by atoms with Gasteiger partial charge in [-0.3, -0.25) is 14.4 Å². The minimum absolute atomic E-state index is 0.0623. The van der Waals surface area contributed by atoms with Crippen LogP contribution in [-0.2, 0) is 28.6 Å². The average molecular weight is 920 g/mol. The molecule has 0 unspecified atom stereocenters. The summed E-state index contributed by atoms with van der Waals surface area (Å²) in [7, 11) is 0. The van der Waals surface area contributed by atoms with E-state index < -0.39 is 6.10 Å². The van der Waals surface area contributed by atoms with Crippen LogP contribution >= 0.6 is 0 Å². The highest BCUT2D eigenvalue weighted by Crippen LogP contribution is 2.18. The molecule has 0 aromatic rings. The molecule has 0 saturated heterocycles. The molecule has 0 aliphatic carbocycles. The zero-order chi connectivity index (χ0) is 47.4. The monoisotopic (exact) mass is 919 g/mol. The third-order valence-corrected chi connectivity index (χ3v) is 13.5. The van der Waals surface area contributed by atoms with E-state index in [1.54, 1.807) is 0 Å². The van der Waals surface area contributed by atoms with E-state index in [4.69, 9.17) is 14.2 Å². The second-order valence-corrected chi connectivity index (χ2v) is 20.8. The van der Waals surface area contributed by atoms with Crippen molar-refractivity contribution in [1.29, 1.82) is 0 Å². The molecule has 0 aliphatic heterocycles. The van der Waals surface area contributed by atoms with Crippen molar-refractivity contribution in [2.75, 3.05) is 13.2 Å². The fourth-order valence-corrected chi connectivity index (χ4v) is 9.10. The van der Waals surface area contributed by atoms with Crippen LogP contribution in [0.4, 0.5) is 0 Å². The van der Waals surface area contributed by atoms with Gasteiger partial charge >= 0.3 is 17.9 Å². The van der Waals surface area contributed by atoms with E-state index in [-0.39, 0.29) is 31.1 Å². The predicted molar refractivity (Wildman–Crippen MR) is 280 cm³/mol. The quantitative estimate of drug-likeness (QED) is 0.0344. The van der Waals surface area contributed by atoms with Gasteiger partial charge in [0.25, 0.3) is 0 Å². The molecule has 0 radical (unpaired) electrons. The van der Waals surface area contributed by atoms with Crippen LogP contribution in [0.5, 0.6) is 0 Å². The maximum atomic E-state index is 12.8. The van der Waals surface area contributed by atoms with Crippen LogP contribution in [-0.4, -0.2) is 37.2 Å². The van der Waals surface area contributed by atoms with Crippen molar-refractivity contribution in [2.24, 2.45) is 5.92 Å². The lowest BCUT2D eigenvalue weighted by Crippen LogP contribution is -2.30. The van der Waals surface area contributed by atoms with Crippen LogP contribution in [0.15, 0.2) is 0 Å². The Labute approximate surface area is 406 Å². The standard InChI is InChI=1S/C59H114O6/c1-5-7-9-11-13-14-15-16-17-18-19-23-26-29-32-35-39-43-47-51-58(61)64-54-56(53-63-57(60)50-46-42-37-12-10-8-6-2)65-59(62)52-48-44-40-36-33-30-27-24-21-20-22-25-28-31-34-38-41-45-49-55(3)4/h55-56H,5-54H2,1-4H3/t56-/m1/s1. The van der Waals surface area contributed by atoms with Crippen LogP contribution in [0.25, 0.3) is 0 Å². The average Bonchev–Trinajstić information content (AvgIpc) is 3.29. The number of hydrogen-bond acceptors (Lipinski definition) is 6. The first-order chi connectivity index (χ1) is 31.9. The molecule has 0 bridgehead atoms. The molecule has 0 aromatic carbocycles. The van der Waals surface area contributed by atoms with Crippen molar-refractivity contribution in [3.05, 3.63) is 0 Å². The summed E-state index contributed by atoms with van der Waals surface area (Å²) < 4.78 is 16.8. The van der Waals surface area contributed by atoms with Gasteiger partial charge in [-0.15, -0.1) is 0 Å². The largest absolute Gasteiger partial charge is 0.462 e. The van der Waals surface area contributed by atoms with E-state index in [0.717, 1.165) is 63.7 Å². The minimum atomic E-state index is -0.760. The van der Waals surface area contributed by atoms with Gasteiger partial charge in [-0.2, -0.15) is 0 Å². The van der Waals surface area contributed by atoms with E-state index in [9.17, 15) is 14.4 Å². The lowest BCUT2D eigenvalue weighted by atomic mass is 10.0. The third kappa shape index (κ3) is 53.2. The molecule has 0 aromatic heterocycles. The second-order valence-electron chi connectivity index (χ2n) is 20.8. The first kappa shape index (κ1) is 63.4. The lowest BCUT2D eigenvalue weighted by Gasteiger charge is -2.18. The van der Waals surface area contributed by atoms with E-state index in [1.165, 1.54) is 231 Å². The molecule has 0 saturated carbocycles. The van der Waals surface area contributed by atoms with E-state index in [2.05, 4.69) is 27.7 Å². The van der Waals surface area contributed by atoms with Crippen molar-refractivity contribution in [2.45, 2.75) is 342 Å². The highest BCUT2D eigenvalue weighted by Gasteiger charge is 2.19. The van der Waals surface area contributed by atoms with E-state index >= 15 is 0 Å². The number of hydrogen-bond donors (Lipinski definition) is 0. The van der Waals surface area contributed by atoms with Crippen molar-refractivity contribution in [3.63, 3.8) is 0 Å². The molecule has 6 heteroatoms. The van der Waals surface area contributed by atoms with Crippen molar-refractivity contribution >= 4 is 17.9 Å². The van der Waals surface area contributed by atoms with E-state index in [1.807, 2.05) is 0 Å². The van der Waals surface area contributed by atoms with Crippen molar-refractivity contribution in [1.82, 2.24) is 0 Å². The number of unbranched alkanes of at least 4 members (excludes halogenated alkanes) is 41. The molecule has 6 nitrogen and oxygen atoms in total. The van der Waals surface area contributed by atoms with E-state index in [0.29, 0.717) is 19.3 Å². The van der Waals surface area contributed by atoms with Gasteiger partial charge in [0.2, 0.25) is 0 Å². The Morgan fingerprint density at radius 1 is 0.292 bits per heavy atom. The molecule has 0 fully saturated rings. The molecule has 65 heavy (non-hydrogen) atoms. The third-order valence-electron chi connectivity index (χ3n) is 13.5. The van der Waals surface area contributed by atoms with Gasteiger partial charge < -0.3 is 14.2 Å². The summed E-state index contributed by atoms with van der Waals surface area (Å²) in [6.07, 6.45) is 58.3. The van der Waals surface area contributed by atoms with Gasteiger partial charge in [0.15, 0.2) is 6.10 Å². The molecule has 0 aliphatic rings. The molecule has 0 N–H and O–H groups in total. The van der Waals surface area contributed by atoms with Gasteiger partial charge in [-0.25, -0.2) is 0 Å². The summed E-state index contributed by atoms with van der Waals surface area (Å²) in [5.41, 5.74) is 0. The highest BCUT2D eigenvalue weighted by molar-refractivity contribution is 5.71. The van der Waals surface area contributed by atoms with Gasteiger partial charge in [0.05, 0.1) is 0 Å². The zero-order valence-electron chi connectivity index (χ0n) is 44.5. The Balaban J connectivity index is 4.11. The Bertz CT molecular complexity index is 980. The number of esters is 3. The molecular formula is C59H114O6. The van der Waals surface area contributed by atoms with Crippen LogP contribution in [0.3, 0.4) is 0 Å².